The number of aryl methyl sites for hydroxylation is 2. The Morgan fingerprint density at radius 2 is 1.84 bits per heavy atom. The molecule has 7 nitrogen and oxygen atoms in total. The molecule has 2 heterocycles. The van der Waals surface area contributed by atoms with Crippen LogP contribution in [-0.4, -0.2) is 23.9 Å². The van der Waals surface area contributed by atoms with Crippen molar-refractivity contribution < 1.29 is 0 Å². The van der Waals surface area contributed by atoms with E-state index in [1.807, 2.05) is 18.4 Å². The van der Waals surface area contributed by atoms with E-state index in [9.17, 15) is 9.59 Å². The van der Waals surface area contributed by atoms with Crippen LogP contribution in [0.5, 0.6) is 0 Å². The lowest BCUT2D eigenvalue weighted by Gasteiger charge is -2.11. The topological polar surface area (TPSA) is 74.7 Å². The molecule has 0 N–H and O–H groups in total. The fourth-order valence-electron chi connectivity index (χ4n) is 2.52. The van der Waals surface area contributed by atoms with Crippen LogP contribution >= 0.6 is 11.8 Å². The van der Waals surface area contributed by atoms with Crippen LogP contribution in [0.15, 0.2) is 45.3 Å². The third-order valence-electron chi connectivity index (χ3n) is 4.12. The van der Waals surface area contributed by atoms with E-state index >= 15 is 0 Å². The number of aromatic nitrogens is 5. The zero-order valence-corrected chi connectivity index (χ0v) is 15.4. The highest BCUT2D eigenvalue weighted by molar-refractivity contribution is 7.98. The van der Waals surface area contributed by atoms with E-state index in [4.69, 9.17) is 0 Å². The number of rotatable bonds is 4. The number of thioether (sulfide) groups is 1. The summed E-state index contributed by atoms with van der Waals surface area (Å²) in [6.07, 6.45) is 1.67. The smallest absolute Gasteiger partial charge is 0.300 e. The summed E-state index contributed by atoms with van der Waals surface area (Å²) in [6, 6.07) is 7.68. The van der Waals surface area contributed by atoms with E-state index in [2.05, 4.69) is 28.4 Å². The first-order chi connectivity index (χ1) is 11.9. The number of benzene rings is 1. The van der Waals surface area contributed by atoms with Crippen LogP contribution in [0.4, 0.5) is 0 Å². The van der Waals surface area contributed by atoms with Gasteiger partial charge in [-0.25, -0.2) is 4.79 Å². The summed E-state index contributed by atoms with van der Waals surface area (Å²) < 4.78 is 4.49. The maximum Gasteiger partial charge on any atom is 0.330 e. The second kappa shape index (κ2) is 6.72. The van der Waals surface area contributed by atoms with Crippen molar-refractivity contribution in [2.45, 2.75) is 24.8 Å². The fraction of sp³-hybridized carbons (Fsp3) is 0.294. The van der Waals surface area contributed by atoms with Gasteiger partial charge in [0, 0.05) is 31.6 Å². The van der Waals surface area contributed by atoms with E-state index in [-0.39, 0.29) is 11.2 Å². The van der Waals surface area contributed by atoms with Crippen molar-refractivity contribution in [1.29, 1.82) is 0 Å². The Balaban J connectivity index is 1.92. The minimum absolute atomic E-state index is 0.310. The average molecular weight is 357 g/mol. The Morgan fingerprint density at radius 3 is 2.60 bits per heavy atom. The molecule has 0 saturated heterocycles. The van der Waals surface area contributed by atoms with Crippen LogP contribution in [0, 0.1) is 13.8 Å². The third kappa shape index (κ3) is 3.30. The molecular formula is C17H19N5O2S. The Morgan fingerprint density at radius 1 is 1.08 bits per heavy atom. The second-order valence-corrected chi connectivity index (χ2v) is 6.88. The summed E-state index contributed by atoms with van der Waals surface area (Å²) in [6.45, 7) is 4.07. The zero-order chi connectivity index (χ0) is 18.1. The number of hydrogen-bond acceptors (Lipinski definition) is 5. The second-order valence-electron chi connectivity index (χ2n) is 5.94. The number of nitrogens with zero attached hydrogens (tertiary/aromatic N) is 5. The van der Waals surface area contributed by atoms with Gasteiger partial charge >= 0.3 is 5.69 Å². The summed E-state index contributed by atoms with van der Waals surface area (Å²) >= 11 is 1.44. The monoisotopic (exact) mass is 357 g/mol. The molecule has 0 saturated carbocycles. The molecule has 8 heteroatoms. The van der Waals surface area contributed by atoms with E-state index < -0.39 is 0 Å². The highest BCUT2D eigenvalue weighted by Gasteiger charge is 2.12. The molecule has 0 fully saturated rings. The van der Waals surface area contributed by atoms with Crippen LogP contribution in [0.3, 0.4) is 0 Å². The minimum Gasteiger partial charge on any atom is -0.300 e. The summed E-state index contributed by atoms with van der Waals surface area (Å²) in [5.74, 6) is 0.450. The van der Waals surface area contributed by atoms with Crippen molar-refractivity contribution in [3.63, 3.8) is 0 Å². The third-order valence-corrected chi connectivity index (χ3v) is 5.09. The van der Waals surface area contributed by atoms with Crippen molar-refractivity contribution in [1.82, 2.24) is 23.9 Å². The van der Waals surface area contributed by atoms with Crippen molar-refractivity contribution in [3.8, 4) is 5.69 Å². The van der Waals surface area contributed by atoms with Gasteiger partial charge in [-0.1, -0.05) is 23.9 Å². The Hall–Kier alpha value is -2.61. The Labute approximate surface area is 149 Å². The Kier molecular flexibility index (Phi) is 4.63. The van der Waals surface area contributed by atoms with Crippen LogP contribution < -0.4 is 11.2 Å². The molecule has 1 aromatic carbocycles. The van der Waals surface area contributed by atoms with Gasteiger partial charge in [0.15, 0.2) is 5.16 Å². The molecular weight excluding hydrogens is 338 g/mol. The molecule has 3 aromatic rings. The standard InChI is InChI=1S/C17H19N5O2S/c1-11-5-6-12(2)14(7-11)22-10-18-19-16(22)25-9-13-8-15(23)21(4)17(24)20(13)3/h5-8,10H,9H2,1-4H3. The lowest BCUT2D eigenvalue weighted by molar-refractivity contribution is 0.664. The lowest BCUT2D eigenvalue weighted by atomic mass is 10.1. The molecule has 0 spiro atoms. The summed E-state index contributed by atoms with van der Waals surface area (Å²) in [5.41, 5.74) is 3.29. The van der Waals surface area contributed by atoms with Crippen molar-refractivity contribution in [3.05, 3.63) is 68.3 Å². The van der Waals surface area contributed by atoms with Gasteiger partial charge in [-0.15, -0.1) is 10.2 Å². The largest absolute Gasteiger partial charge is 0.330 e. The van der Waals surface area contributed by atoms with Gasteiger partial charge < -0.3 is 0 Å². The summed E-state index contributed by atoms with van der Waals surface area (Å²) in [5, 5.41) is 8.90. The first-order valence-electron chi connectivity index (χ1n) is 7.75. The molecule has 0 radical (unpaired) electrons. The van der Waals surface area contributed by atoms with Gasteiger partial charge in [0.1, 0.15) is 6.33 Å². The zero-order valence-electron chi connectivity index (χ0n) is 14.6. The highest BCUT2D eigenvalue weighted by Crippen LogP contribution is 2.24. The van der Waals surface area contributed by atoms with Crippen molar-refractivity contribution >= 4 is 11.8 Å². The van der Waals surface area contributed by atoms with Gasteiger partial charge in [0.2, 0.25) is 0 Å². The SMILES string of the molecule is Cc1ccc(C)c(-n2cnnc2SCc2cc(=O)n(C)c(=O)n2C)c1. The molecule has 0 bridgehead atoms. The van der Waals surface area contributed by atoms with E-state index in [0.29, 0.717) is 16.6 Å². The van der Waals surface area contributed by atoms with E-state index in [1.165, 1.54) is 29.4 Å². The van der Waals surface area contributed by atoms with E-state index in [1.54, 1.807) is 13.4 Å². The molecule has 0 aliphatic carbocycles. The minimum atomic E-state index is -0.334. The van der Waals surface area contributed by atoms with E-state index in [0.717, 1.165) is 21.4 Å². The van der Waals surface area contributed by atoms with Crippen LogP contribution in [0.25, 0.3) is 5.69 Å². The van der Waals surface area contributed by atoms with Gasteiger partial charge in [-0.3, -0.25) is 18.5 Å². The summed E-state index contributed by atoms with van der Waals surface area (Å²) in [4.78, 5) is 23.9. The molecule has 2 aromatic heterocycles. The molecule has 130 valence electrons. The predicted molar refractivity (Wildman–Crippen MR) is 97.3 cm³/mol. The molecule has 0 atom stereocenters. The quantitative estimate of drug-likeness (QED) is 0.663. The Bertz CT molecular complexity index is 1050. The first kappa shape index (κ1) is 17.2. The van der Waals surface area contributed by atoms with Crippen molar-refractivity contribution in [2.24, 2.45) is 14.1 Å². The van der Waals surface area contributed by atoms with Crippen LogP contribution in [0.2, 0.25) is 0 Å². The fourth-order valence-corrected chi connectivity index (χ4v) is 3.47. The number of hydrogen-bond donors (Lipinski definition) is 0. The maximum atomic E-state index is 12.0. The maximum absolute atomic E-state index is 12.0. The molecule has 0 amide bonds. The van der Waals surface area contributed by atoms with Crippen LogP contribution in [0.1, 0.15) is 16.8 Å². The highest BCUT2D eigenvalue weighted by atomic mass is 32.2. The predicted octanol–water partition coefficient (Wildman–Crippen LogP) is 1.57. The first-order valence-corrected chi connectivity index (χ1v) is 8.73. The summed E-state index contributed by atoms with van der Waals surface area (Å²) in [7, 11) is 3.13. The molecule has 0 unspecified atom stereocenters. The van der Waals surface area contributed by atoms with Gasteiger partial charge in [0.05, 0.1) is 5.69 Å². The molecule has 3 rings (SSSR count). The molecule has 0 aliphatic rings. The lowest BCUT2D eigenvalue weighted by Crippen LogP contribution is -2.37. The molecule has 0 aliphatic heterocycles. The van der Waals surface area contributed by atoms with Gasteiger partial charge in [-0.05, 0) is 31.0 Å². The van der Waals surface area contributed by atoms with Gasteiger partial charge in [-0.2, -0.15) is 0 Å². The molecule has 25 heavy (non-hydrogen) atoms. The normalized spacial score (nSPS) is 11.0. The van der Waals surface area contributed by atoms with Gasteiger partial charge in [0.25, 0.3) is 5.56 Å². The average Bonchev–Trinajstić information content (AvgIpc) is 3.05. The van der Waals surface area contributed by atoms with Crippen LogP contribution in [-0.2, 0) is 19.8 Å². The van der Waals surface area contributed by atoms with Crippen molar-refractivity contribution in [2.75, 3.05) is 0 Å².